The Kier molecular flexibility index (Phi) is 8.92. The molecule has 2 aromatic heterocycles. The molecule has 1 fully saturated rings. The maximum Gasteiger partial charge on any atom is 0.490 e. The Balaban J connectivity index is 1.58. The smallest absolute Gasteiger partial charge is 0.456 e. The van der Waals surface area contributed by atoms with Gasteiger partial charge in [0.1, 0.15) is 18.4 Å². The number of nitrogens with one attached hydrogen (secondary N) is 1. The number of halogens is 1. The largest absolute Gasteiger partial charge is 0.490 e. The van der Waals surface area contributed by atoms with E-state index < -0.39 is 60.0 Å². The first-order valence-corrected chi connectivity index (χ1v) is 16.2. The minimum Gasteiger partial charge on any atom is -0.456 e. The van der Waals surface area contributed by atoms with Gasteiger partial charge in [0.15, 0.2) is 11.2 Å². The molecular weight excluding hydrogens is 685 g/mol. The number of phosphoric ester groups is 1. The first kappa shape index (κ1) is 31.4. The maximum atomic E-state index is 12.9. The zero-order valence-electron chi connectivity index (χ0n) is 20.0. The molecule has 9 N–H and O–H groups in total. The predicted octanol–water partition coefficient (Wildman–Crippen LogP) is 0.903. The summed E-state index contributed by atoms with van der Waals surface area (Å²) in [6.07, 6.45) is -2.66. The molecule has 0 aliphatic carbocycles. The Morgan fingerprint density at radius 2 is 1.88 bits per heavy atom. The summed E-state index contributed by atoms with van der Waals surface area (Å²) in [5.74, 6) is -1.16. The van der Waals surface area contributed by atoms with Crippen molar-refractivity contribution in [1.82, 2.24) is 19.5 Å². The third-order valence-corrected chi connectivity index (χ3v) is 9.55. The van der Waals surface area contributed by atoms with E-state index in [0.29, 0.717) is 4.47 Å². The summed E-state index contributed by atoms with van der Waals surface area (Å²) in [6.45, 7) is -0.936. The van der Waals surface area contributed by atoms with Crippen molar-refractivity contribution in [1.29, 1.82) is 0 Å². The van der Waals surface area contributed by atoms with Gasteiger partial charge in [-0.1, -0.05) is 15.9 Å². The summed E-state index contributed by atoms with van der Waals surface area (Å²) in [5, 5.41) is 0. The summed E-state index contributed by atoms with van der Waals surface area (Å²) in [6, 6.07) is 4.40. The number of carbonyl (C=O) groups is 1. The standard InChI is InChI=1S/C17H20BrN6O14P3/c18-7-1-2-9(19)8(3-7)16(26)36-10-4-12(24-6-21-13-14(24)22-17(20)23-15(13)25)35-11(10)5-34-40(30,31)38-41(32,33)37-39(27,28)29/h1-3,6,10-12H,4-5,19H2,(H,30,31)(H,32,33)(H2,27,28,29)(H3,20,22,23,25)/t10-,11+,12+/m0/s1. The number of nitrogens with zero attached hydrogens (tertiary/aromatic N) is 3. The molecule has 0 bridgehead atoms. The second-order valence-electron chi connectivity index (χ2n) is 8.20. The molecule has 5 atom stereocenters. The number of H-pyrrole nitrogens is 1. The van der Waals surface area contributed by atoms with Crippen LogP contribution in [0.1, 0.15) is 23.0 Å². The number of hydrogen-bond donors (Lipinski definition) is 7. The van der Waals surface area contributed by atoms with Crippen LogP contribution in [0.4, 0.5) is 11.6 Å². The number of nitrogen functional groups attached to an aromatic ring is 2. The second-order valence-corrected chi connectivity index (χ2v) is 13.5. The molecule has 1 aromatic carbocycles. The number of carbonyl (C=O) groups excluding carboxylic acids is 1. The number of esters is 1. The van der Waals surface area contributed by atoms with Gasteiger partial charge in [-0.3, -0.25) is 18.9 Å². The van der Waals surface area contributed by atoms with E-state index in [-0.39, 0.29) is 34.8 Å². The molecule has 1 aliphatic heterocycles. The van der Waals surface area contributed by atoms with Crippen LogP contribution < -0.4 is 17.0 Å². The van der Waals surface area contributed by atoms with Crippen molar-refractivity contribution in [3.63, 3.8) is 0 Å². The van der Waals surface area contributed by atoms with Crippen LogP contribution in [0.15, 0.2) is 33.8 Å². The Labute approximate surface area is 236 Å². The topological polar surface area (TPSA) is 311 Å². The first-order valence-electron chi connectivity index (χ1n) is 10.9. The van der Waals surface area contributed by atoms with Crippen LogP contribution in [-0.2, 0) is 36.3 Å². The zero-order chi connectivity index (χ0) is 30.3. The summed E-state index contributed by atoms with van der Waals surface area (Å²) in [4.78, 5) is 71.9. The normalized spacial score (nSPS) is 22.3. The van der Waals surface area contributed by atoms with E-state index in [1.807, 2.05) is 0 Å². The lowest BCUT2D eigenvalue weighted by Crippen LogP contribution is -2.31. The van der Waals surface area contributed by atoms with Crippen molar-refractivity contribution in [3.8, 4) is 0 Å². The van der Waals surface area contributed by atoms with Crippen LogP contribution in [0.5, 0.6) is 0 Å². The highest BCUT2D eigenvalue weighted by Crippen LogP contribution is 2.66. The van der Waals surface area contributed by atoms with E-state index in [9.17, 15) is 33.1 Å². The van der Waals surface area contributed by atoms with Crippen LogP contribution in [0, 0.1) is 0 Å². The number of imidazole rings is 1. The lowest BCUT2D eigenvalue weighted by Gasteiger charge is -2.21. The van der Waals surface area contributed by atoms with Crippen LogP contribution in [0.2, 0.25) is 0 Å². The van der Waals surface area contributed by atoms with Crippen molar-refractivity contribution in [2.75, 3.05) is 18.1 Å². The van der Waals surface area contributed by atoms with Crippen LogP contribution in [0.3, 0.4) is 0 Å². The van der Waals surface area contributed by atoms with Crippen molar-refractivity contribution in [2.45, 2.75) is 24.9 Å². The highest BCUT2D eigenvalue weighted by atomic mass is 79.9. The molecule has 0 saturated carbocycles. The molecule has 24 heteroatoms. The molecule has 1 saturated heterocycles. The van der Waals surface area contributed by atoms with Gasteiger partial charge >= 0.3 is 29.4 Å². The van der Waals surface area contributed by atoms with Gasteiger partial charge in [0.25, 0.3) is 5.56 Å². The summed E-state index contributed by atoms with van der Waals surface area (Å²) < 4.78 is 59.9. The van der Waals surface area contributed by atoms with E-state index in [1.165, 1.54) is 23.0 Å². The fourth-order valence-corrected chi connectivity index (χ4v) is 7.07. The summed E-state index contributed by atoms with van der Waals surface area (Å²) in [5.41, 5.74) is 10.8. The summed E-state index contributed by atoms with van der Waals surface area (Å²) >= 11 is 3.21. The highest BCUT2D eigenvalue weighted by molar-refractivity contribution is 9.10. The molecule has 41 heavy (non-hydrogen) atoms. The van der Waals surface area contributed by atoms with E-state index in [4.69, 9.17) is 30.7 Å². The number of benzene rings is 1. The van der Waals surface area contributed by atoms with Crippen molar-refractivity contribution < 1.29 is 60.7 Å². The molecular formula is C17H20BrN6O14P3. The lowest BCUT2D eigenvalue weighted by atomic mass is 10.1. The summed E-state index contributed by atoms with van der Waals surface area (Å²) in [7, 11) is -16.9. The fraction of sp³-hybridized carbons (Fsp3) is 0.294. The van der Waals surface area contributed by atoms with Crippen LogP contribution in [0.25, 0.3) is 11.2 Å². The molecule has 3 aromatic rings. The number of anilines is 2. The Bertz CT molecular complexity index is 1690. The maximum absolute atomic E-state index is 12.9. The zero-order valence-corrected chi connectivity index (χ0v) is 24.3. The minimum atomic E-state index is -5.78. The third-order valence-electron chi connectivity index (χ3n) is 5.25. The second kappa shape index (κ2) is 11.6. The van der Waals surface area contributed by atoms with Gasteiger partial charge in [-0.05, 0) is 18.2 Å². The van der Waals surface area contributed by atoms with Crippen LogP contribution in [-0.4, -0.2) is 63.9 Å². The van der Waals surface area contributed by atoms with Gasteiger partial charge in [-0.15, -0.1) is 0 Å². The first-order chi connectivity index (χ1) is 18.9. The molecule has 224 valence electrons. The van der Waals surface area contributed by atoms with Crippen molar-refractivity contribution in [3.05, 3.63) is 44.9 Å². The molecule has 3 heterocycles. The Morgan fingerprint density at radius 1 is 1.17 bits per heavy atom. The number of fused-ring (bicyclic) bond motifs is 1. The number of ether oxygens (including phenoxy) is 2. The van der Waals surface area contributed by atoms with E-state index in [0.717, 1.165) is 0 Å². The molecule has 2 unspecified atom stereocenters. The van der Waals surface area contributed by atoms with Gasteiger partial charge in [0.2, 0.25) is 5.95 Å². The van der Waals surface area contributed by atoms with E-state index >= 15 is 0 Å². The average molecular weight is 705 g/mol. The van der Waals surface area contributed by atoms with Gasteiger partial charge in [0.05, 0.1) is 18.5 Å². The number of hydrogen-bond acceptors (Lipinski definition) is 14. The average Bonchev–Trinajstić information content (AvgIpc) is 3.41. The fourth-order valence-electron chi connectivity index (χ4n) is 3.68. The SMILES string of the molecule is Nc1nc2c(ncn2[C@H]2C[C@H](OC(=O)c3cc(Br)ccc3N)[C@@H](COP(=O)(O)OP(=O)(O)OP(=O)(O)O)O2)c(=O)[nH]1. The molecule has 0 radical (unpaired) electrons. The van der Waals surface area contributed by atoms with Gasteiger partial charge in [-0.25, -0.2) is 23.5 Å². The Hall–Kier alpha value is -2.51. The highest BCUT2D eigenvalue weighted by Gasteiger charge is 2.44. The minimum absolute atomic E-state index is 0.00824. The van der Waals surface area contributed by atoms with Gasteiger partial charge in [0, 0.05) is 16.6 Å². The number of nitrogens with two attached hydrogens (primary N) is 2. The van der Waals surface area contributed by atoms with Crippen molar-refractivity contribution in [2.24, 2.45) is 0 Å². The predicted molar refractivity (Wildman–Crippen MR) is 139 cm³/mol. The quantitative estimate of drug-likeness (QED) is 0.0875. The molecule has 4 rings (SSSR count). The monoisotopic (exact) mass is 704 g/mol. The lowest BCUT2D eigenvalue weighted by molar-refractivity contribution is -0.0489. The molecule has 1 aliphatic rings. The van der Waals surface area contributed by atoms with E-state index in [1.54, 1.807) is 6.07 Å². The van der Waals surface area contributed by atoms with Gasteiger partial charge < -0.3 is 40.5 Å². The third kappa shape index (κ3) is 7.86. The Morgan fingerprint density at radius 3 is 2.56 bits per heavy atom. The van der Waals surface area contributed by atoms with Crippen molar-refractivity contribution >= 4 is 68.2 Å². The number of aromatic amines is 1. The van der Waals surface area contributed by atoms with E-state index in [2.05, 4.69) is 44.0 Å². The molecule has 0 spiro atoms. The molecule has 20 nitrogen and oxygen atoms in total. The van der Waals surface area contributed by atoms with Crippen LogP contribution >= 0.6 is 39.4 Å². The number of rotatable bonds is 10. The number of aromatic nitrogens is 4. The van der Waals surface area contributed by atoms with Gasteiger partial charge in [-0.2, -0.15) is 13.6 Å². The number of phosphoric acid groups is 3. The molecule has 0 amide bonds.